The average molecular weight is 365 g/mol. The number of nitrogens with one attached hydrogen (secondary N) is 1. The summed E-state index contributed by atoms with van der Waals surface area (Å²) in [6, 6.07) is 11.7. The predicted molar refractivity (Wildman–Crippen MR) is 102 cm³/mol. The van der Waals surface area contributed by atoms with Crippen LogP contribution in [0.1, 0.15) is 23.4 Å². The molecule has 0 radical (unpaired) electrons. The molecule has 1 amide bonds. The zero-order valence-electron chi connectivity index (χ0n) is 15.6. The second-order valence-electron chi connectivity index (χ2n) is 6.53. The molecule has 0 bridgehead atoms. The minimum Gasteiger partial charge on any atom is -0.352 e. The Balaban J connectivity index is 1.50. The van der Waals surface area contributed by atoms with Crippen molar-refractivity contribution >= 4 is 5.91 Å². The van der Waals surface area contributed by atoms with Gasteiger partial charge in [0.05, 0.1) is 0 Å². The first-order valence-corrected chi connectivity index (χ1v) is 8.83. The molecule has 2 aromatic heterocycles. The molecule has 1 aromatic carbocycles. The van der Waals surface area contributed by atoms with Gasteiger partial charge in [0.15, 0.2) is 0 Å². The number of nitrogens with zero attached hydrogens (tertiary/aromatic N) is 4. The van der Waals surface area contributed by atoms with Crippen LogP contribution in [0.3, 0.4) is 0 Å². The van der Waals surface area contributed by atoms with E-state index in [1.807, 2.05) is 44.4 Å². The van der Waals surface area contributed by atoms with E-state index in [1.54, 1.807) is 12.4 Å². The van der Waals surface area contributed by atoms with E-state index in [2.05, 4.69) is 31.4 Å². The van der Waals surface area contributed by atoms with Gasteiger partial charge in [-0.1, -0.05) is 29.4 Å². The molecule has 0 saturated heterocycles. The standard InChI is InChI=1S/C20H23N5O2/c1-25(2)14-17-6-4-3-5-16(17)13-22-18(26)7-8-19-23-20(24-27-19)15-9-11-21-12-10-15/h3-6,9-12H,7-8,13-14H2,1-2H3,(H,22,26). The molecule has 2 heterocycles. The van der Waals surface area contributed by atoms with Crippen LogP contribution < -0.4 is 5.32 Å². The van der Waals surface area contributed by atoms with Crippen LogP contribution in [0.25, 0.3) is 11.4 Å². The molecule has 0 aliphatic heterocycles. The van der Waals surface area contributed by atoms with Crippen LogP contribution in [-0.4, -0.2) is 40.0 Å². The van der Waals surface area contributed by atoms with Gasteiger partial charge in [0.1, 0.15) is 0 Å². The van der Waals surface area contributed by atoms with Gasteiger partial charge >= 0.3 is 0 Å². The Morgan fingerprint density at radius 3 is 2.59 bits per heavy atom. The van der Waals surface area contributed by atoms with E-state index in [0.29, 0.717) is 31.1 Å². The maximum absolute atomic E-state index is 12.2. The largest absolute Gasteiger partial charge is 0.352 e. The maximum Gasteiger partial charge on any atom is 0.227 e. The number of carbonyl (C=O) groups excluding carboxylic acids is 1. The number of pyridine rings is 1. The van der Waals surface area contributed by atoms with Crippen LogP contribution in [0.4, 0.5) is 0 Å². The van der Waals surface area contributed by atoms with E-state index >= 15 is 0 Å². The molecule has 7 nitrogen and oxygen atoms in total. The Labute approximate surface area is 158 Å². The highest BCUT2D eigenvalue weighted by atomic mass is 16.5. The smallest absolute Gasteiger partial charge is 0.227 e. The fourth-order valence-electron chi connectivity index (χ4n) is 2.70. The lowest BCUT2D eigenvalue weighted by Crippen LogP contribution is -2.24. The molecular formula is C20H23N5O2. The molecule has 0 fully saturated rings. The molecule has 140 valence electrons. The summed E-state index contributed by atoms with van der Waals surface area (Å²) in [5, 5.41) is 6.91. The van der Waals surface area contributed by atoms with Gasteiger partial charge < -0.3 is 14.7 Å². The summed E-state index contributed by atoms with van der Waals surface area (Å²) in [7, 11) is 4.06. The third kappa shape index (κ3) is 5.46. The second kappa shape index (κ2) is 9.05. The highest BCUT2D eigenvalue weighted by Gasteiger charge is 2.11. The van der Waals surface area contributed by atoms with Crippen LogP contribution in [0.2, 0.25) is 0 Å². The summed E-state index contributed by atoms with van der Waals surface area (Å²) in [5.41, 5.74) is 3.17. The van der Waals surface area contributed by atoms with Crippen molar-refractivity contribution in [3.8, 4) is 11.4 Å². The first kappa shape index (κ1) is 18.7. The van der Waals surface area contributed by atoms with Crippen molar-refractivity contribution in [3.05, 3.63) is 65.8 Å². The Morgan fingerprint density at radius 1 is 1.11 bits per heavy atom. The molecule has 27 heavy (non-hydrogen) atoms. The van der Waals surface area contributed by atoms with Crippen molar-refractivity contribution < 1.29 is 9.32 Å². The summed E-state index contributed by atoms with van der Waals surface area (Å²) in [6.45, 7) is 1.35. The number of hydrogen-bond donors (Lipinski definition) is 1. The third-order valence-corrected chi connectivity index (χ3v) is 4.05. The van der Waals surface area contributed by atoms with Crippen molar-refractivity contribution in [2.45, 2.75) is 25.9 Å². The van der Waals surface area contributed by atoms with Crippen LogP contribution in [0, 0.1) is 0 Å². The van der Waals surface area contributed by atoms with Crippen LogP contribution in [-0.2, 0) is 24.3 Å². The second-order valence-corrected chi connectivity index (χ2v) is 6.53. The van der Waals surface area contributed by atoms with Gasteiger partial charge in [-0.25, -0.2) is 0 Å². The normalized spacial score (nSPS) is 10.9. The van der Waals surface area contributed by atoms with E-state index in [9.17, 15) is 4.79 Å². The SMILES string of the molecule is CN(C)Cc1ccccc1CNC(=O)CCc1nc(-c2ccncc2)no1. The number of hydrogen-bond acceptors (Lipinski definition) is 6. The van der Waals surface area contributed by atoms with E-state index in [4.69, 9.17) is 4.52 Å². The van der Waals surface area contributed by atoms with Gasteiger partial charge in [0.2, 0.25) is 17.6 Å². The van der Waals surface area contributed by atoms with E-state index < -0.39 is 0 Å². The first-order valence-electron chi connectivity index (χ1n) is 8.83. The highest BCUT2D eigenvalue weighted by Crippen LogP contribution is 2.15. The molecule has 7 heteroatoms. The number of rotatable bonds is 8. The Morgan fingerprint density at radius 2 is 1.85 bits per heavy atom. The lowest BCUT2D eigenvalue weighted by molar-refractivity contribution is -0.121. The average Bonchev–Trinajstić information content (AvgIpc) is 3.15. The molecule has 0 spiro atoms. The molecule has 0 aliphatic carbocycles. The predicted octanol–water partition coefficient (Wildman–Crippen LogP) is 2.44. The highest BCUT2D eigenvalue weighted by molar-refractivity contribution is 5.76. The van der Waals surface area contributed by atoms with Crippen molar-refractivity contribution in [2.24, 2.45) is 0 Å². The van der Waals surface area contributed by atoms with Gasteiger partial charge in [-0.05, 0) is 37.4 Å². The summed E-state index contributed by atoms with van der Waals surface area (Å²) < 4.78 is 5.23. The van der Waals surface area contributed by atoms with Crippen molar-refractivity contribution in [1.29, 1.82) is 0 Å². The van der Waals surface area contributed by atoms with Crippen molar-refractivity contribution in [2.75, 3.05) is 14.1 Å². The van der Waals surface area contributed by atoms with Crippen molar-refractivity contribution in [1.82, 2.24) is 25.3 Å². The van der Waals surface area contributed by atoms with Gasteiger partial charge in [-0.2, -0.15) is 4.98 Å². The fourth-order valence-corrected chi connectivity index (χ4v) is 2.70. The van der Waals surface area contributed by atoms with Crippen LogP contribution >= 0.6 is 0 Å². The number of benzene rings is 1. The Hall–Kier alpha value is -3.06. The zero-order valence-corrected chi connectivity index (χ0v) is 15.6. The third-order valence-electron chi connectivity index (χ3n) is 4.05. The number of amides is 1. The molecule has 0 saturated carbocycles. The van der Waals surface area contributed by atoms with E-state index in [-0.39, 0.29) is 5.91 Å². The van der Waals surface area contributed by atoms with Gasteiger partial charge in [0.25, 0.3) is 0 Å². The lowest BCUT2D eigenvalue weighted by Gasteiger charge is -2.14. The summed E-state index contributed by atoms with van der Waals surface area (Å²) in [5.74, 6) is 0.911. The molecule has 3 aromatic rings. The Kier molecular flexibility index (Phi) is 6.27. The molecule has 0 atom stereocenters. The van der Waals surface area contributed by atoms with Crippen LogP contribution in [0.15, 0.2) is 53.3 Å². The number of aromatic nitrogens is 3. The summed E-state index contributed by atoms with van der Waals surface area (Å²) in [6.07, 6.45) is 4.05. The first-order chi connectivity index (χ1) is 13.1. The molecule has 1 N–H and O–H groups in total. The quantitative estimate of drug-likeness (QED) is 0.660. The minimum atomic E-state index is -0.0432. The Bertz CT molecular complexity index is 877. The minimum absolute atomic E-state index is 0.0432. The van der Waals surface area contributed by atoms with Crippen LogP contribution in [0.5, 0.6) is 0 Å². The van der Waals surface area contributed by atoms with Crippen molar-refractivity contribution in [3.63, 3.8) is 0 Å². The van der Waals surface area contributed by atoms with E-state index in [0.717, 1.165) is 17.7 Å². The lowest BCUT2D eigenvalue weighted by atomic mass is 10.1. The molecular weight excluding hydrogens is 342 g/mol. The number of aryl methyl sites for hydroxylation is 1. The summed E-state index contributed by atoms with van der Waals surface area (Å²) >= 11 is 0. The van der Waals surface area contributed by atoms with Gasteiger partial charge in [-0.15, -0.1) is 0 Å². The topological polar surface area (TPSA) is 84.2 Å². The molecule has 0 aliphatic rings. The van der Waals surface area contributed by atoms with E-state index in [1.165, 1.54) is 5.56 Å². The monoisotopic (exact) mass is 365 g/mol. The number of carbonyl (C=O) groups is 1. The molecule has 0 unspecified atom stereocenters. The fraction of sp³-hybridized carbons (Fsp3) is 0.300. The maximum atomic E-state index is 12.2. The zero-order chi connectivity index (χ0) is 19.1. The molecule has 3 rings (SSSR count). The van der Waals surface area contributed by atoms with Gasteiger partial charge in [0, 0.05) is 43.9 Å². The summed E-state index contributed by atoms with van der Waals surface area (Å²) in [4.78, 5) is 22.6. The van der Waals surface area contributed by atoms with Gasteiger partial charge in [-0.3, -0.25) is 9.78 Å².